The number of carbonyl (C=O) groups excluding carboxylic acids is 1. The quantitative estimate of drug-likeness (QED) is 0.265. The summed E-state index contributed by atoms with van der Waals surface area (Å²) in [5, 5.41) is 4.07. The number of thiazole rings is 1. The van der Waals surface area contributed by atoms with Gasteiger partial charge in [0.25, 0.3) is 0 Å². The number of allylic oxidation sites excluding steroid dienone is 1. The van der Waals surface area contributed by atoms with Gasteiger partial charge in [-0.15, -0.1) is 11.3 Å². The molecule has 5 aromatic rings. The van der Waals surface area contributed by atoms with Crippen molar-refractivity contribution in [3.8, 4) is 11.3 Å². The van der Waals surface area contributed by atoms with Gasteiger partial charge >= 0.3 is 0 Å². The predicted octanol–water partition coefficient (Wildman–Crippen LogP) is 6.25. The molecule has 2 heterocycles. The first-order valence-corrected chi connectivity index (χ1v) is 10.00. The summed E-state index contributed by atoms with van der Waals surface area (Å²) in [5.41, 5.74) is 2.95. The summed E-state index contributed by atoms with van der Waals surface area (Å²) < 4.78 is 15.3. The van der Waals surface area contributed by atoms with E-state index in [1.807, 2.05) is 58.4 Å². The molecule has 0 spiro atoms. The summed E-state index contributed by atoms with van der Waals surface area (Å²) in [6.45, 7) is 0. The van der Waals surface area contributed by atoms with Crippen molar-refractivity contribution < 1.29 is 9.18 Å². The second kappa shape index (κ2) is 7.11. The maximum atomic E-state index is 13.3. The van der Waals surface area contributed by atoms with E-state index in [1.54, 1.807) is 24.3 Å². The number of nitrogens with zero attached hydrogens (tertiary/aromatic N) is 2. The Hall–Kier alpha value is -3.57. The van der Waals surface area contributed by atoms with Crippen LogP contribution in [0, 0.1) is 5.82 Å². The molecule has 0 radical (unpaired) electrons. The minimum Gasteiger partial charge on any atom is -0.290 e. The Bertz CT molecular complexity index is 1380. The van der Waals surface area contributed by atoms with Crippen LogP contribution in [0.5, 0.6) is 0 Å². The molecule has 0 unspecified atom stereocenters. The normalized spacial score (nSPS) is 11.6. The smallest absolute Gasteiger partial charge is 0.194 e. The van der Waals surface area contributed by atoms with Gasteiger partial charge in [-0.2, -0.15) is 0 Å². The van der Waals surface area contributed by atoms with Crippen molar-refractivity contribution in [1.29, 1.82) is 0 Å². The van der Waals surface area contributed by atoms with Crippen LogP contribution in [-0.4, -0.2) is 15.2 Å². The third-order valence-corrected chi connectivity index (χ3v) is 5.60. The molecule has 0 saturated carbocycles. The van der Waals surface area contributed by atoms with Crippen molar-refractivity contribution in [1.82, 2.24) is 9.38 Å². The van der Waals surface area contributed by atoms with Gasteiger partial charge in [0.1, 0.15) is 5.82 Å². The molecule has 3 aromatic carbocycles. The van der Waals surface area contributed by atoms with Crippen LogP contribution in [0.2, 0.25) is 0 Å². The van der Waals surface area contributed by atoms with Crippen LogP contribution in [-0.2, 0) is 0 Å². The minimum atomic E-state index is -0.293. The first-order valence-electron chi connectivity index (χ1n) is 9.12. The third-order valence-electron chi connectivity index (χ3n) is 4.84. The fourth-order valence-corrected chi connectivity index (χ4v) is 4.10. The van der Waals surface area contributed by atoms with E-state index in [0.717, 1.165) is 32.7 Å². The van der Waals surface area contributed by atoms with E-state index >= 15 is 0 Å². The number of imidazole rings is 1. The maximum Gasteiger partial charge on any atom is 0.194 e. The van der Waals surface area contributed by atoms with Crippen molar-refractivity contribution >= 4 is 38.9 Å². The number of hydrogen-bond acceptors (Lipinski definition) is 3. The van der Waals surface area contributed by atoms with Gasteiger partial charge in [-0.05, 0) is 53.3 Å². The highest BCUT2D eigenvalue weighted by molar-refractivity contribution is 7.15. The van der Waals surface area contributed by atoms with E-state index in [1.165, 1.54) is 23.5 Å². The number of hydrogen-bond donors (Lipinski definition) is 0. The standard InChI is InChI=1S/C24H15FN2OS/c25-20-9-7-17(8-10-20)23-21(27-13-14-29-24(27)26-23)11-12-22(28)19-6-5-16-3-1-2-4-18(16)15-19/h1-15H/b12-11+. The predicted molar refractivity (Wildman–Crippen MR) is 116 cm³/mol. The SMILES string of the molecule is O=C(/C=C/c1c(-c2ccc(F)cc2)nc2sccn12)c1ccc2ccccc2c1. The van der Waals surface area contributed by atoms with Crippen LogP contribution in [0.25, 0.3) is 33.1 Å². The molecule has 140 valence electrons. The lowest BCUT2D eigenvalue weighted by Gasteiger charge is -2.02. The van der Waals surface area contributed by atoms with Crippen molar-refractivity contribution in [2.24, 2.45) is 0 Å². The van der Waals surface area contributed by atoms with Gasteiger partial charge in [-0.3, -0.25) is 9.20 Å². The molecule has 2 aromatic heterocycles. The number of fused-ring (bicyclic) bond motifs is 2. The lowest BCUT2D eigenvalue weighted by Crippen LogP contribution is -1.95. The van der Waals surface area contributed by atoms with Gasteiger partial charge in [0.05, 0.1) is 11.4 Å². The molecular weight excluding hydrogens is 383 g/mol. The Morgan fingerprint density at radius 1 is 1.00 bits per heavy atom. The number of benzene rings is 3. The Labute approximate surface area is 170 Å². The van der Waals surface area contributed by atoms with Gasteiger partial charge in [0.2, 0.25) is 0 Å². The zero-order valence-corrected chi connectivity index (χ0v) is 16.1. The molecule has 0 N–H and O–H groups in total. The molecule has 3 nitrogen and oxygen atoms in total. The molecule has 0 aliphatic rings. The average molecular weight is 398 g/mol. The summed E-state index contributed by atoms with van der Waals surface area (Å²) in [4.78, 5) is 18.3. The zero-order valence-electron chi connectivity index (χ0n) is 15.2. The van der Waals surface area contributed by atoms with Crippen LogP contribution >= 0.6 is 11.3 Å². The van der Waals surface area contributed by atoms with Crippen LogP contribution in [0.15, 0.2) is 84.4 Å². The second-order valence-corrected chi connectivity index (χ2v) is 7.54. The van der Waals surface area contributed by atoms with Crippen LogP contribution < -0.4 is 0 Å². The van der Waals surface area contributed by atoms with Crippen LogP contribution in [0.1, 0.15) is 16.1 Å². The molecule has 29 heavy (non-hydrogen) atoms. The summed E-state index contributed by atoms with van der Waals surface area (Å²) in [7, 11) is 0. The monoisotopic (exact) mass is 398 g/mol. The van der Waals surface area contributed by atoms with E-state index in [2.05, 4.69) is 4.98 Å². The Morgan fingerprint density at radius 3 is 2.62 bits per heavy atom. The number of aromatic nitrogens is 2. The molecule has 5 rings (SSSR count). The Balaban J connectivity index is 1.54. The van der Waals surface area contributed by atoms with Crippen molar-refractivity contribution in [2.75, 3.05) is 0 Å². The topological polar surface area (TPSA) is 34.4 Å². The van der Waals surface area contributed by atoms with E-state index < -0.39 is 0 Å². The fourth-order valence-electron chi connectivity index (χ4n) is 3.38. The van der Waals surface area contributed by atoms with Gasteiger partial charge in [0, 0.05) is 22.7 Å². The Kier molecular flexibility index (Phi) is 4.30. The lowest BCUT2D eigenvalue weighted by molar-refractivity contribution is 0.104. The summed E-state index contributed by atoms with van der Waals surface area (Å²) >= 11 is 1.51. The Morgan fingerprint density at radius 2 is 1.79 bits per heavy atom. The van der Waals surface area contributed by atoms with E-state index in [4.69, 9.17) is 0 Å². The number of ketones is 1. The van der Waals surface area contributed by atoms with E-state index in [0.29, 0.717) is 5.56 Å². The fraction of sp³-hybridized carbons (Fsp3) is 0. The number of halogens is 1. The van der Waals surface area contributed by atoms with Crippen LogP contribution in [0.4, 0.5) is 4.39 Å². The molecule has 0 aliphatic carbocycles. The summed E-state index contributed by atoms with van der Waals surface area (Å²) in [6, 6.07) is 19.9. The molecule has 0 fully saturated rings. The maximum absolute atomic E-state index is 13.3. The number of rotatable bonds is 4. The van der Waals surface area contributed by atoms with Crippen molar-refractivity contribution in [3.05, 3.63) is 101 Å². The third kappa shape index (κ3) is 3.26. The highest BCUT2D eigenvalue weighted by Crippen LogP contribution is 2.28. The number of carbonyl (C=O) groups is 1. The average Bonchev–Trinajstić information content (AvgIpc) is 3.34. The second-order valence-electron chi connectivity index (χ2n) is 6.67. The summed E-state index contributed by atoms with van der Waals surface area (Å²) in [5.74, 6) is -0.371. The van der Waals surface area contributed by atoms with E-state index in [-0.39, 0.29) is 11.6 Å². The van der Waals surface area contributed by atoms with E-state index in [9.17, 15) is 9.18 Å². The highest BCUT2D eigenvalue weighted by Gasteiger charge is 2.13. The minimum absolute atomic E-state index is 0.0778. The van der Waals surface area contributed by atoms with Crippen molar-refractivity contribution in [2.45, 2.75) is 0 Å². The lowest BCUT2D eigenvalue weighted by atomic mass is 10.0. The molecule has 0 amide bonds. The van der Waals surface area contributed by atoms with Crippen LogP contribution in [0.3, 0.4) is 0 Å². The van der Waals surface area contributed by atoms with Gasteiger partial charge < -0.3 is 0 Å². The molecule has 0 saturated heterocycles. The summed E-state index contributed by atoms with van der Waals surface area (Å²) in [6.07, 6.45) is 5.27. The zero-order chi connectivity index (χ0) is 19.8. The van der Waals surface area contributed by atoms with Crippen molar-refractivity contribution in [3.63, 3.8) is 0 Å². The van der Waals surface area contributed by atoms with Gasteiger partial charge in [0.15, 0.2) is 10.7 Å². The first kappa shape index (κ1) is 17.5. The largest absolute Gasteiger partial charge is 0.290 e. The highest BCUT2D eigenvalue weighted by atomic mass is 32.1. The van der Waals surface area contributed by atoms with Gasteiger partial charge in [-0.1, -0.05) is 36.4 Å². The molecular formula is C24H15FN2OS. The molecule has 0 atom stereocenters. The molecule has 5 heteroatoms. The molecule has 0 aliphatic heterocycles. The van der Waals surface area contributed by atoms with Gasteiger partial charge in [-0.25, -0.2) is 9.37 Å². The molecule has 0 bridgehead atoms. The first-order chi connectivity index (χ1) is 14.2.